The quantitative estimate of drug-likeness (QED) is 0.565. The maximum absolute atomic E-state index is 6.04. The van der Waals surface area contributed by atoms with E-state index < -0.39 is 0 Å². The molecule has 2 aliphatic rings. The molecular formula is C23H25Cl. The average molecular weight is 337 g/mol. The molecule has 0 fully saturated rings. The van der Waals surface area contributed by atoms with Crippen molar-refractivity contribution < 1.29 is 0 Å². The fourth-order valence-electron chi connectivity index (χ4n) is 4.65. The second-order valence-corrected chi connectivity index (χ2v) is 7.80. The molecule has 124 valence electrons. The summed E-state index contributed by atoms with van der Waals surface area (Å²) in [6.45, 7) is 2.14. The van der Waals surface area contributed by atoms with Crippen LogP contribution in [0.5, 0.6) is 0 Å². The first kappa shape index (κ1) is 16.0. The van der Waals surface area contributed by atoms with Gasteiger partial charge < -0.3 is 0 Å². The molecule has 0 spiro atoms. The third-order valence-corrected chi connectivity index (χ3v) is 6.14. The third-order valence-electron chi connectivity index (χ3n) is 5.89. The highest BCUT2D eigenvalue weighted by Crippen LogP contribution is 2.38. The van der Waals surface area contributed by atoms with Gasteiger partial charge in [-0.25, -0.2) is 0 Å². The third kappa shape index (κ3) is 3.05. The molecular weight excluding hydrogens is 312 g/mol. The van der Waals surface area contributed by atoms with E-state index in [4.69, 9.17) is 11.6 Å². The number of fused-ring (bicyclic) bond motifs is 3. The van der Waals surface area contributed by atoms with Crippen molar-refractivity contribution in [2.24, 2.45) is 5.92 Å². The summed E-state index contributed by atoms with van der Waals surface area (Å²) in [5.41, 5.74) is 7.99. The predicted molar refractivity (Wildman–Crippen MR) is 103 cm³/mol. The Kier molecular flexibility index (Phi) is 4.50. The highest BCUT2D eigenvalue weighted by molar-refractivity contribution is 6.30. The van der Waals surface area contributed by atoms with E-state index in [1.807, 2.05) is 12.1 Å². The Morgan fingerprint density at radius 1 is 0.875 bits per heavy atom. The lowest BCUT2D eigenvalue weighted by Gasteiger charge is -2.31. The molecule has 0 bridgehead atoms. The Balaban J connectivity index is 1.59. The highest BCUT2D eigenvalue weighted by atomic mass is 35.5. The van der Waals surface area contributed by atoms with Crippen LogP contribution in [0.3, 0.4) is 0 Å². The summed E-state index contributed by atoms with van der Waals surface area (Å²) >= 11 is 6.04. The summed E-state index contributed by atoms with van der Waals surface area (Å²) in [4.78, 5) is 0. The Morgan fingerprint density at radius 3 is 2.25 bits per heavy atom. The van der Waals surface area contributed by atoms with Crippen molar-refractivity contribution in [1.82, 2.24) is 0 Å². The molecule has 0 N–H and O–H groups in total. The summed E-state index contributed by atoms with van der Waals surface area (Å²) < 4.78 is 0. The van der Waals surface area contributed by atoms with Crippen LogP contribution >= 0.6 is 11.6 Å². The van der Waals surface area contributed by atoms with Crippen LogP contribution < -0.4 is 0 Å². The standard InChI is InChI=1S/C23H25Cl/c1-2-3-16-4-12-22-19(14-16)5-6-20-15-18(9-13-23(20)22)17-7-10-21(24)11-8-17/h2-3,5-8,10-11,16,18H,4,9,12-15H2,1H3. The zero-order valence-corrected chi connectivity index (χ0v) is 15.2. The number of halogens is 1. The smallest absolute Gasteiger partial charge is 0.0406 e. The first-order valence-electron chi connectivity index (χ1n) is 9.25. The van der Waals surface area contributed by atoms with Gasteiger partial charge in [-0.2, -0.15) is 0 Å². The van der Waals surface area contributed by atoms with Crippen LogP contribution in [-0.2, 0) is 25.7 Å². The minimum atomic E-state index is 0.646. The van der Waals surface area contributed by atoms with Crippen molar-refractivity contribution in [3.05, 3.63) is 81.4 Å². The maximum Gasteiger partial charge on any atom is 0.0406 e. The zero-order valence-electron chi connectivity index (χ0n) is 14.4. The van der Waals surface area contributed by atoms with Crippen molar-refractivity contribution in [1.29, 1.82) is 0 Å². The lowest BCUT2D eigenvalue weighted by Crippen LogP contribution is -2.20. The van der Waals surface area contributed by atoms with Crippen molar-refractivity contribution in [3.63, 3.8) is 0 Å². The topological polar surface area (TPSA) is 0 Å². The number of hydrogen-bond donors (Lipinski definition) is 0. The SMILES string of the molecule is CC=CC1CCc2c(ccc3c2CCC(c2ccc(Cl)cc2)C3)C1. The van der Waals surface area contributed by atoms with Gasteiger partial charge in [-0.3, -0.25) is 0 Å². The van der Waals surface area contributed by atoms with Crippen molar-refractivity contribution in [3.8, 4) is 0 Å². The summed E-state index contributed by atoms with van der Waals surface area (Å²) in [6, 6.07) is 13.3. The number of rotatable bonds is 2. The molecule has 1 heteroatoms. The molecule has 0 aromatic heterocycles. The van der Waals surface area contributed by atoms with Gasteiger partial charge in [0.1, 0.15) is 0 Å². The molecule has 0 amide bonds. The van der Waals surface area contributed by atoms with Gasteiger partial charge in [0.05, 0.1) is 0 Å². The monoisotopic (exact) mass is 336 g/mol. The van der Waals surface area contributed by atoms with E-state index in [1.54, 1.807) is 22.3 Å². The van der Waals surface area contributed by atoms with Gasteiger partial charge in [0.2, 0.25) is 0 Å². The van der Waals surface area contributed by atoms with Gasteiger partial charge >= 0.3 is 0 Å². The van der Waals surface area contributed by atoms with Crippen LogP contribution in [0, 0.1) is 5.92 Å². The largest absolute Gasteiger partial charge is 0.0914 e. The van der Waals surface area contributed by atoms with Crippen molar-refractivity contribution in [2.45, 2.75) is 51.4 Å². The van der Waals surface area contributed by atoms with Gasteiger partial charge in [0, 0.05) is 5.02 Å². The minimum Gasteiger partial charge on any atom is -0.0914 e. The molecule has 4 rings (SSSR count). The van der Waals surface area contributed by atoms with Crippen LogP contribution in [0.1, 0.15) is 53.5 Å². The number of hydrogen-bond acceptors (Lipinski definition) is 0. The normalized spacial score (nSPS) is 23.1. The summed E-state index contributed by atoms with van der Waals surface area (Å²) in [7, 11) is 0. The van der Waals surface area contributed by atoms with Crippen LogP contribution in [0.4, 0.5) is 0 Å². The summed E-state index contributed by atoms with van der Waals surface area (Å²) in [6.07, 6.45) is 12.1. The minimum absolute atomic E-state index is 0.646. The van der Waals surface area contributed by atoms with E-state index in [-0.39, 0.29) is 0 Å². The van der Waals surface area contributed by atoms with E-state index in [0.29, 0.717) is 5.92 Å². The Bertz CT molecular complexity index is 754. The molecule has 0 aliphatic heterocycles. The molecule has 0 saturated heterocycles. The Labute approximate surface area is 150 Å². The first-order valence-corrected chi connectivity index (χ1v) is 9.63. The van der Waals surface area contributed by atoms with Gasteiger partial charge in [-0.15, -0.1) is 0 Å². The van der Waals surface area contributed by atoms with Crippen molar-refractivity contribution >= 4 is 11.6 Å². The second kappa shape index (κ2) is 6.76. The zero-order chi connectivity index (χ0) is 16.5. The second-order valence-electron chi connectivity index (χ2n) is 7.36. The van der Waals surface area contributed by atoms with Crippen LogP contribution in [0.15, 0.2) is 48.6 Å². The molecule has 2 aliphatic carbocycles. The fourth-order valence-corrected chi connectivity index (χ4v) is 4.78. The van der Waals surface area contributed by atoms with E-state index in [2.05, 4.69) is 43.3 Å². The Morgan fingerprint density at radius 2 is 1.54 bits per heavy atom. The molecule has 0 saturated carbocycles. The van der Waals surface area contributed by atoms with Gasteiger partial charge in [-0.1, -0.05) is 48.0 Å². The first-order chi connectivity index (χ1) is 11.7. The summed E-state index contributed by atoms with van der Waals surface area (Å²) in [5.74, 6) is 1.39. The molecule has 2 aromatic rings. The van der Waals surface area contributed by atoms with E-state index in [1.165, 1.54) is 44.1 Å². The summed E-state index contributed by atoms with van der Waals surface area (Å²) in [5, 5.41) is 0.833. The predicted octanol–water partition coefficient (Wildman–Crippen LogP) is 6.29. The maximum atomic E-state index is 6.04. The van der Waals surface area contributed by atoms with Crippen molar-refractivity contribution in [2.75, 3.05) is 0 Å². The molecule has 2 unspecified atom stereocenters. The van der Waals surface area contributed by atoms with E-state index >= 15 is 0 Å². The van der Waals surface area contributed by atoms with E-state index in [0.717, 1.165) is 10.9 Å². The molecule has 24 heavy (non-hydrogen) atoms. The average Bonchev–Trinajstić information content (AvgIpc) is 2.62. The van der Waals surface area contributed by atoms with Gasteiger partial charge in [-0.05, 0) is 97.2 Å². The molecule has 0 nitrogen and oxygen atoms in total. The van der Waals surface area contributed by atoms with E-state index in [9.17, 15) is 0 Å². The molecule has 2 atom stereocenters. The molecule has 2 aromatic carbocycles. The van der Waals surface area contributed by atoms with Crippen LogP contribution in [-0.4, -0.2) is 0 Å². The number of benzene rings is 2. The molecule has 0 heterocycles. The lowest BCUT2D eigenvalue weighted by molar-refractivity contribution is 0.533. The number of allylic oxidation sites excluding steroid dienone is 2. The Hall–Kier alpha value is -1.53. The van der Waals surface area contributed by atoms with Crippen LogP contribution in [0.25, 0.3) is 0 Å². The lowest BCUT2D eigenvalue weighted by atomic mass is 9.74. The molecule has 0 radical (unpaired) electrons. The highest BCUT2D eigenvalue weighted by Gasteiger charge is 2.26. The van der Waals surface area contributed by atoms with Crippen LogP contribution in [0.2, 0.25) is 5.02 Å². The van der Waals surface area contributed by atoms with Gasteiger partial charge in [0.15, 0.2) is 0 Å². The fraction of sp³-hybridized carbons (Fsp3) is 0.391. The van der Waals surface area contributed by atoms with Gasteiger partial charge in [0.25, 0.3) is 0 Å².